The van der Waals surface area contributed by atoms with Crippen LogP contribution in [0.5, 0.6) is 0 Å². The molecule has 0 saturated heterocycles. The topological polar surface area (TPSA) is 19.4 Å². The Labute approximate surface area is 831 Å². The predicted molar refractivity (Wildman–Crippen MR) is 600 cm³/mol. The van der Waals surface area contributed by atoms with E-state index in [-0.39, 0.29) is 0 Å². The van der Waals surface area contributed by atoms with Gasteiger partial charge in [0.1, 0.15) is 0 Å². The summed E-state index contributed by atoms with van der Waals surface area (Å²) < 4.78 is 2.60. The molecule has 7 heteroatoms. The van der Waals surface area contributed by atoms with Crippen LogP contribution in [0.1, 0.15) is 22.3 Å². The van der Waals surface area contributed by atoms with Crippen molar-refractivity contribution in [2.24, 2.45) is 0 Å². The summed E-state index contributed by atoms with van der Waals surface area (Å²) in [6.45, 7) is 0. The minimum absolute atomic E-state index is 0.457. The van der Waals surface area contributed by atoms with Crippen molar-refractivity contribution in [3.8, 4) is 66.8 Å². The highest BCUT2D eigenvalue weighted by Crippen LogP contribution is 2.60. The van der Waals surface area contributed by atoms with E-state index in [0.717, 1.165) is 79.6 Å². The Kier molecular flexibility index (Phi) is 21.3. The van der Waals surface area contributed by atoms with Gasteiger partial charge in [-0.2, -0.15) is 0 Å². The lowest BCUT2D eigenvalue weighted by atomic mass is 9.68. The van der Waals surface area contributed by atoms with Crippen LogP contribution < -0.4 is 29.4 Å². The third kappa shape index (κ3) is 14.6. The van der Waals surface area contributed by atoms with Crippen molar-refractivity contribution in [1.29, 1.82) is 0 Å². The van der Waals surface area contributed by atoms with Gasteiger partial charge in [0.25, 0.3) is 0 Å². The zero-order valence-electron chi connectivity index (χ0n) is 77.7. The van der Waals surface area contributed by atoms with Gasteiger partial charge in [-0.1, -0.05) is 352 Å². The molecule has 24 aromatic rings. The Morgan fingerprint density at radius 3 is 0.908 bits per heavy atom. The van der Waals surface area contributed by atoms with Gasteiger partial charge in [0.15, 0.2) is 0 Å². The summed E-state index contributed by atoms with van der Waals surface area (Å²) in [4.78, 5) is 14.3. The Hall–Kier alpha value is -18.4. The zero-order valence-corrected chi connectivity index (χ0v) is 78.5. The fourth-order valence-corrected chi connectivity index (χ4v) is 23.4. The minimum Gasteiger partial charge on any atom is -0.311 e. The van der Waals surface area contributed by atoms with Gasteiger partial charge in [0.2, 0.25) is 0 Å². The number of fused-ring (bicyclic) bond motifs is 10. The van der Waals surface area contributed by atoms with Crippen LogP contribution in [0.3, 0.4) is 0 Å². The summed E-state index contributed by atoms with van der Waals surface area (Å²) in [5.74, 6) is 0. The summed E-state index contributed by atoms with van der Waals surface area (Å²) in [6.07, 6.45) is 0. The van der Waals surface area contributed by atoms with Gasteiger partial charge < -0.3 is 29.4 Å². The maximum atomic E-state index is 2.44. The molecule has 0 atom stereocenters. The van der Waals surface area contributed by atoms with Gasteiger partial charge >= 0.3 is 0 Å². The van der Waals surface area contributed by atoms with Crippen LogP contribution in [0.2, 0.25) is 0 Å². The first-order valence-electron chi connectivity index (χ1n) is 48.7. The lowest BCUT2D eigenvalue weighted by Crippen LogP contribution is -2.28. The molecule has 0 radical (unpaired) electrons. The van der Waals surface area contributed by atoms with Crippen LogP contribution >= 0.6 is 11.3 Å². The number of para-hydroxylation sites is 7. The van der Waals surface area contributed by atoms with E-state index in [1.165, 1.54) is 153 Å². The van der Waals surface area contributed by atoms with E-state index in [1.54, 1.807) is 0 Å². The molecule has 27 rings (SSSR count). The van der Waals surface area contributed by atoms with Crippen molar-refractivity contribution >= 4 is 155 Å². The third-order valence-electron chi connectivity index (χ3n) is 28.6. The molecule has 1 aromatic heterocycles. The smallest absolute Gasteiger partial charge is 0.0713 e. The summed E-state index contributed by atoms with van der Waals surface area (Å²) in [5.41, 5.74) is 39.5. The highest BCUT2D eigenvalue weighted by atomic mass is 32.1. The summed E-state index contributed by atoms with van der Waals surface area (Å²) >= 11 is 1.85. The molecule has 0 fully saturated rings. The van der Waals surface area contributed by atoms with Crippen LogP contribution in [-0.4, -0.2) is 0 Å². The first kappa shape index (κ1) is 84.1. The lowest BCUT2D eigenvalue weighted by Gasteiger charge is -2.34. The first-order valence-corrected chi connectivity index (χ1v) is 49.5. The largest absolute Gasteiger partial charge is 0.311 e. The van der Waals surface area contributed by atoms with E-state index >= 15 is 0 Å². The van der Waals surface area contributed by atoms with Gasteiger partial charge in [-0.15, -0.1) is 11.3 Å². The SMILES string of the molecule is c1ccc(-c2ccc(N(c3ccc(-c4ccc5c6c(cccc46)-c4ccccc4N5c4ccc(N(c5ccccc5)c5ccccc5)cc4)cc3)c3ccc4sc5ccccc5c4c3)cc2)cc1.c1ccc(N(c2ccccc2)c2ccc(N3c4ccccc4-c4cccc5c(-c6ccc(N(c7ccccc7)c7ccc8c(c7)-c7ccccc7C8(c7ccccc7)c7ccccc7)cc6)ccc3c45)cc2)cc1. The molecule has 2 aliphatic heterocycles. The fourth-order valence-electron chi connectivity index (χ4n) is 22.3. The quantitative estimate of drug-likeness (QED) is 0.0798. The second kappa shape index (κ2) is 35.9. The van der Waals surface area contributed by atoms with Crippen LogP contribution in [0.25, 0.3) is 108 Å². The van der Waals surface area contributed by atoms with Crippen molar-refractivity contribution in [2.45, 2.75) is 5.41 Å². The monoisotopic (exact) mass is 1830 g/mol. The molecule has 0 amide bonds. The molecule has 6 nitrogen and oxygen atoms in total. The summed E-state index contributed by atoms with van der Waals surface area (Å²) in [5, 5.41) is 7.53. The molecule has 0 unspecified atom stereocenters. The summed E-state index contributed by atoms with van der Waals surface area (Å²) in [7, 11) is 0. The van der Waals surface area contributed by atoms with Crippen molar-refractivity contribution < 1.29 is 0 Å². The molecule has 3 aliphatic rings. The number of hydrogen-bond acceptors (Lipinski definition) is 7. The maximum absolute atomic E-state index is 2.44. The number of rotatable bonds is 19. The first-order chi connectivity index (χ1) is 70.5. The Morgan fingerprint density at radius 1 is 0.162 bits per heavy atom. The molecule has 0 N–H and O–H groups in total. The Morgan fingerprint density at radius 2 is 0.465 bits per heavy atom. The van der Waals surface area contributed by atoms with Crippen LogP contribution in [0.4, 0.5) is 102 Å². The Balaban J connectivity index is 0.000000146. The molecule has 0 bridgehead atoms. The van der Waals surface area contributed by atoms with Gasteiger partial charge in [-0.05, 0) is 295 Å². The average molecular weight is 1830 g/mol. The van der Waals surface area contributed by atoms with Crippen molar-refractivity contribution in [3.63, 3.8) is 0 Å². The molecule has 0 spiro atoms. The van der Waals surface area contributed by atoms with Crippen LogP contribution in [0, 0.1) is 0 Å². The van der Waals surface area contributed by atoms with Crippen molar-refractivity contribution in [1.82, 2.24) is 0 Å². The van der Waals surface area contributed by atoms with E-state index in [1.807, 2.05) is 11.3 Å². The highest BCUT2D eigenvalue weighted by Gasteiger charge is 2.46. The number of thiophene rings is 1. The highest BCUT2D eigenvalue weighted by molar-refractivity contribution is 7.25. The molecule has 142 heavy (non-hydrogen) atoms. The predicted octanol–water partition coefficient (Wildman–Crippen LogP) is 38.2. The van der Waals surface area contributed by atoms with Crippen molar-refractivity contribution in [3.05, 3.63) is 580 Å². The van der Waals surface area contributed by atoms with E-state index in [9.17, 15) is 0 Å². The molecule has 1 aliphatic carbocycles. The number of benzene rings is 23. The standard InChI is InChI=1S/C71H49N3.C64H43N3S/c1-6-21-51(22-7-1)71(52-23-8-2-9-24-52)66-35-18-16-31-61(66)65-49-59(45-47-67(65)71)73(55-29-14-5-15-30-55)56-39-37-50(38-40-56)60-46-48-69-70-63(60)33-20-34-64(70)62-32-17-19-36-68(62)74(69)58-43-41-57(42-44-58)72(53-25-10-3-11-26-53)54-27-12-4-13-28-54;1-4-15-44(16-5-1)45-27-31-49(32-28-45)66(53-39-42-63-59(43-53)56-22-11-13-26-62(56)68-63)50-33-29-46(30-34-50)54-40-41-61-64-57(54)23-14-24-58(64)55-21-10-12-25-60(55)67(61)52-37-35-51(36-38-52)65(47-17-6-2-7-18-47)48-19-8-3-9-20-48/h1-49H;1-43H. The van der Waals surface area contributed by atoms with E-state index in [4.69, 9.17) is 0 Å². The maximum Gasteiger partial charge on any atom is 0.0713 e. The van der Waals surface area contributed by atoms with Gasteiger partial charge in [0, 0.05) is 122 Å². The van der Waals surface area contributed by atoms with E-state index in [0.29, 0.717) is 0 Å². The number of anilines is 18. The van der Waals surface area contributed by atoms with Gasteiger partial charge in [-0.25, -0.2) is 0 Å². The Bertz CT molecular complexity index is 8680. The number of hydrogen-bond donors (Lipinski definition) is 0. The van der Waals surface area contributed by atoms with E-state index < -0.39 is 5.41 Å². The van der Waals surface area contributed by atoms with Crippen molar-refractivity contribution in [2.75, 3.05) is 29.4 Å². The molecular formula is C135H92N6S. The van der Waals surface area contributed by atoms with Crippen LogP contribution in [0.15, 0.2) is 558 Å². The van der Waals surface area contributed by atoms with Gasteiger partial charge in [-0.3, -0.25) is 0 Å². The lowest BCUT2D eigenvalue weighted by molar-refractivity contribution is 0.768. The van der Waals surface area contributed by atoms with Gasteiger partial charge in [0.05, 0.1) is 28.2 Å². The third-order valence-corrected chi connectivity index (χ3v) is 29.8. The van der Waals surface area contributed by atoms with Crippen LogP contribution in [-0.2, 0) is 5.41 Å². The second-order valence-electron chi connectivity index (χ2n) is 36.5. The summed E-state index contributed by atoms with van der Waals surface area (Å²) in [6, 6.07) is 203. The molecule has 3 heterocycles. The minimum atomic E-state index is -0.457. The zero-order chi connectivity index (χ0) is 94.0. The fraction of sp³-hybridized carbons (Fsp3) is 0.00741. The second-order valence-corrected chi connectivity index (χ2v) is 37.6. The average Bonchev–Trinajstić information content (AvgIpc) is 1.64. The normalized spacial score (nSPS) is 12.3. The molecule has 23 aromatic carbocycles. The number of nitrogens with zero attached hydrogens (tertiary/aromatic N) is 6. The molecule has 0 saturated carbocycles. The van der Waals surface area contributed by atoms with E-state index in [2.05, 4.69) is 588 Å². The molecular weight excluding hydrogens is 1740 g/mol. The molecule has 668 valence electrons.